The predicted molar refractivity (Wildman–Crippen MR) is 110 cm³/mol. The van der Waals surface area contributed by atoms with E-state index in [1.807, 2.05) is 0 Å². The van der Waals surface area contributed by atoms with Gasteiger partial charge in [0.05, 0.1) is 6.61 Å². The zero-order valence-corrected chi connectivity index (χ0v) is 18.2. The molecule has 0 aromatic rings. The Kier molecular flexibility index (Phi) is 14.3. The summed E-state index contributed by atoms with van der Waals surface area (Å²) in [6.07, 6.45) is 14.8. The van der Waals surface area contributed by atoms with Crippen LogP contribution >= 0.6 is 0 Å². The molecule has 25 heavy (non-hydrogen) atoms. The Balaban J connectivity index is 3.34. The summed E-state index contributed by atoms with van der Waals surface area (Å²) in [5, 5.41) is 0. The van der Waals surface area contributed by atoms with Crippen LogP contribution in [0.1, 0.15) is 119 Å². The molecule has 0 aromatic carbocycles. The maximum absolute atomic E-state index is 11.8. The lowest BCUT2D eigenvalue weighted by molar-refractivity contribution is -0.144. The number of carbonyl (C=O) groups excluding carboxylic acids is 1. The van der Waals surface area contributed by atoms with Gasteiger partial charge in [0.2, 0.25) is 0 Å². The number of hydrogen-bond donors (Lipinski definition) is 0. The van der Waals surface area contributed by atoms with Crippen molar-refractivity contribution < 1.29 is 9.53 Å². The third-order valence-corrected chi connectivity index (χ3v) is 4.66. The molecule has 0 aliphatic carbocycles. The van der Waals surface area contributed by atoms with E-state index in [9.17, 15) is 4.79 Å². The maximum Gasteiger partial charge on any atom is 0.306 e. The van der Waals surface area contributed by atoms with E-state index in [-0.39, 0.29) is 11.4 Å². The summed E-state index contributed by atoms with van der Waals surface area (Å²) in [7, 11) is 0. The first kappa shape index (κ1) is 24.5. The molecule has 0 bridgehead atoms. The molecule has 1 atom stereocenters. The third-order valence-electron chi connectivity index (χ3n) is 4.66. The van der Waals surface area contributed by atoms with Crippen LogP contribution in [-0.2, 0) is 9.53 Å². The second kappa shape index (κ2) is 14.6. The fraction of sp³-hybridized carbons (Fsp3) is 0.957. The lowest BCUT2D eigenvalue weighted by Crippen LogP contribution is -2.16. The predicted octanol–water partition coefficient (Wildman–Crippen LogP) is 7.55. The van der Waals surface area contributed by atoms with E-state index in [1.165, 1.54) is 57.8 Å². The topological polar surface area (TPSA) is 26.3 Å². The summed E-state index contributed by atoms with van der Waals surface area (Å²) < 4.78 is 5.38. The van der Waals surface area contributed by atoms with Gasteiger partial charge in [-0.25, -0.2) is 0 Å². The largest absolute Gasteiger partial charge is 0.466 e. The number of rotatable bonds is 15. The minimum atomic E-state index is -0.0156. The van der Waals surface area contributed by atoms with Crippen molar-refractivity contribution in [3.05, 3.63) is 0 Å². The molecule has 150 valence electrons. The molecule has 0 aliphatic heterocycles. The van der Waals surface area contributed by atoms with Gasteiger partial charge in [0, 0.05) is 6.42 Å². The quantitative estimate of drug-likeness (QED) is 0.224. The van der Waals surface area contributed by atoms with Gasteiger partial charge in [0.1, 0.15) is 0 Å². The van der Waals surface area contributed by atoms with Crippen LogP contribution in [0.25, 0.3) is 0 Å². The number of hydrogen-bond acceptors (Lipinski definition) is 2. The van der Waals surface area contributed by atoms with Crippen molar-refractivity contribution in [1.29, 1.82) is 0 Å². The first-order valence-electron chi connectivity index (χ1n) is 10.9. The molecule has 1 unspecified atom stereocenters. The smallest absolute Gasteiger partial charge is 0.306 e. The van der Waals surface area contributed by atoms with Gasteiger partial charge < -0.3 is 4.74 Å². The van der Waals surface area contributed by atoms with E-state index < -0.39 is 0 Å². The zero-order valence-electron chi connectivity index (χ0n) is 18.2. The molecular formula is C23H46O2. The SMILES string of the molecule is CC(C)CCCCCCCCCCCOC(=O)CC(C)CC(C)(C)C. The molecule has 0 N–H and O–H groups in total. The molecule has 0 aromatic heterocycles. The van der Waals surface area contributed by atoms with E-state index in [0.717, 1.165) is 18.8 Å². The van der Waals surface area contributed by atoms with E-state index in [0.29, 0.717) is 18.9 Å². The monoisotopic (exact) mass is 354 g/mol. The Labute approximate surface area is 158 Å². The molecule has 0 radical (unpaired) electrons. The van der Waals surface area contributed by atoms with Crippen molar-refractivity contribution in [2.24, 2.45) is 17.3 Å². The molecule has 0 saturated carbocycles. The fourth-order valence-corrected chi connectivity index (χ4v) is 3.54. The summed E-state index contributed by atoms with van der Waals surface area (Å²) in [5.41, 5.74) is 0.286. The lowest BCUT2D eigenvalue weighted by Gasteiger charge is -2.22. The van der Waals surface area contributed by atoms with Gasteiger partial charge in [0.25, 0.3) is 0 Å². The third kappa shape index (κ3) is 19.6. The minimum absolute atomic E-state index is 0.0156. The van der Waals surface area contributed by atoms with Crippen LogP contribution in [0.2, 0.25) is 0 Å². The van der Waals surface area contributed by atoms with Crippen molar-refractivity contribution in [1.82, 2.24) is 0 Å². The van der Waals surface area contributed by atoms with Gasteiger partial charge in [0.15, 0.2) is 0 Å². The van der Waals surface area contributed by atoms with Crippen molar-refractivity contribution in [3.8, 4) is 0 Å². The highest BCUT2D eigenvalue weighted by Gasteiger charge is 2.18. The van der Waals surface area contributed by atoms with E-state index >= 15 is 0 Å². The van der Waals surface area contributed by atoms with Crippen LogP contribution in [0.5, 0.6) is 0 Å². The van der Waals surface area contributed by atoms with Crippen molar-refractivity contribution >= 4 is 5.97 Å². The Morgan fingerprint density at radius 2 is 1.28 bits per heavy atom. The average molecular weight is 355 g/mol. The molecule has 0 heterocycles. The first-order valence-corrected chi connectivity index (χ1v) is 10.9. The molecule has 0 spiro atoms. The molecule has 2 nitrogen and oxygen atoms in total. The zero-order chi connectivity index (χ0) is 19.1. The van der Waals surface area contributed by atoms with Crippen molar-refractivity contribution in [2.75, 3.05) is 6.61 Å². The summed E-state index contributed by atoms with van der Waals surface area (Å²) >= 11 is 0. The van der Waals surface area contributed by atoms with Crippen LogP contribution in [-0.4, -0.2) is 12.6 Å². The van der Waals surface area contributed by atoms with E-state index in [1.54, 1.807) is 0 Å². The fourth-order valence-electron chi connectivity index (χ4n) is 3.54. The van der Waals surface area contributed by atoms with Gasteiger partial charge in [-0.05, 0) is 30.1 Å². The normalized spacial score (nSPS) is 13.2. The van der Waals surface area contributed by atoms with Crippen molar-refractivity contribution in [3.63, 3.8) is 0 Å². The van der Waals surface area contributed by atoms with Crippen LogP contribution in [0, 0.1) is 17.3 Å². The molecule has 0 amide bonds. The highest BCUT2D eigenvalue weighted by molar-refractivity contribution is 5.69. The first-order chi connectivity index (χ1) is 11.7. The highest BCUT2D eigenvalue weighted by Crippen LogP contribution is 2.26. The molecule has 0 rings (SSSR count). The lowest BCUT2D eigenvalue weighted by atomic mass is 9.84. The Morgan fingerprint density at radius 3 is 1.76 bits per heavy atom. The number of esters is 1. The van der Waals surface area contributed by atoms with Crippen LogP contribution in [0.15, 0.2) is 0 Å². The highest BCUT2D eigenvalue weighted by atomic mass is 16.5. The van der Waals surface area contributed by atoms with E-state index in [4.69, 9.17) is 4.74 Å². The summed E-state index contributed by atoms with van der Waals surface area (Å²) in [6, 6.07) is 0. The molecule has 0 fully saturated rings. The number of carbonyl (C=O) groups is 1. The van der Waals surface area contributed by atoms with Crippen LogP contribution < -0.4 is 0 Å². The second-order valence-corrected chi connectivity index (χ2v) is 9.66. The Morgan fingerprint density at radius 1 is 0.800 bits per heavy atom. The summed E-state index contributed by atoms with van der Waals surface area (Å²) in [6.45, 7) is 14.0. The number of ether oxygens (including phenoxy) is 1. The molecule has 0 saturated heterocycles. The molecular weight excluding hydrogens is 308 g/mol. The average Bonchev–Trinajstić information content (AvgIpc) is 2.45. The molecule has 2 heteroatoms. The number of unbranched alkanes of at least 4 members (excludes halogenated alkanes) is 8. The van der Waals surface area contributed by atoms with Crippen molar-refractivity contribution in [2.45, 2.75) is 119 Å². The Hall–Kier alpha value is -0.530. The van der Waals surface area contributed by atoms with Gasteiger partial charge in [-0.3, -0.25) is 4.79 Å². The van der Waals surface area contributed by atoms with Gasteiger partial charge in [-0.2, -0.15) is 0 Å². The standard InChI is InChI=1S/C23H46O2/c1-20(2)16-14-12-10-8-7-9-11-13-15-17-25-22(24)18-21(3)19-23(4,5)6/h20-21H,7-19H2,1-6H3. The summed E-state index contributed by atoms with van der Waals surface area (Å²) in [5.74, 6) is 1.25. The molecule has 0 aliphatic rings. The maximum atomic E-state index is 11.8. The van der Waals surface area contributed by atoms with Gasteiger partial charge in [-0.1, -0.05) is 99.3 Å². The van der Waals surface area contributed by atoms with Crippen LogP contribution in [0.3, 0.4) is 0 Å². The van der Waals surface area contributed by atoms with Crippen LogP contribution in [0.4, 0.5) is 0 Å². The van der Waals surface area contributed by atoms with E-state index in [2.05, 4.69) is 41.5 Å². The second-order valence-electron chi connectivity index (χ2n) is 9.66. The Bertz CT molecular complexity index is 315. The van der Waals surface area contributed by atoms with Gasteiger partial charge in [-0.15, -0.1) is 0 Å². The van der Waals surface area contributed by atoms with Gasteiger partial charge >= 0.3 is 5.97 Å². The summed E-state index contributed by atoms with van der Waals surface area (Å²) in [4.78, 5) is 11.8. The minimum Gasteiger partial charge on any atom is -0.466 e.